The van der Waals surface area contributed by atoms with Crippen LogP contribution in [-0.2, 0) is 19.4 Å². The third kappa shape index (κ3) is 9.55. The van der Waals surface area contributed by atoms with Crippen LogP contribution in [0.2, 0.25) is 0 Å². The standard InChI is InChI=1S/C47H60N6O8S/c1-4-61-42-30-35(12-14-41(42)60-2)40(31-62(3,58)59)53-46(56)38-6-5-7-39(44(38)47(53)57)52-28-26-51(27-29-52)36-18-22-50(23-19-36)25-24-49-20-16-33(17-21-49)32-8-10-34(11-9-32)37-13-15-43(54)48-45(37)55/h5-12,14,30,33,36-37,40H,4,13,15-29,31H2,1-3H3,(H,48,54,55)/t37?,40-/m1/s1. The molecule has 4 amide bonds. The lowest BCUT2D eigenvalue weighted by Crippen LogP contribution is -2.54. The van der Waals surface area contributed by atoms with Crippen LogP contribution in [0.15, 0.2) is 60.7 Å². The van der Waals surface area contributed by atoms with Crippen LogP contribution < -0.4 is 19.7 Å². The first-order valence-electron chi connectivity index (χ1n) is 22.3. The summed E-state index contributed by atoms with van der Waals surface area (Å²) in [6.45, 7) is 11.8. The molecule has 2 atom stereocenters. The van der Waals surface area contributed by atoms with Crippen LogP contribution in [-0.4, -0.2) is 149 Å². The van der Waals surface area contributed by atoms with Crippen molar-refractivity contribution in [1.82, 2.24) is 24.9 Å². The number of fused-ring (bicyclic) bond motifs is 1. The van der Waals surface area contributed by atoms with Crippen LogP contribution in [0.25, 0.3) is 0 Å². The van der Waals surface area contributed by atoms with Gasteiger partial charge in [-0.1, -0.05) is 36.4 Å². The van der Waals surface area contributed by atoms with E-state index in [1.165, 1.54) is 12.7 Å². The number of sulfone groups is 1. The third-order valence-electron chi connectivity index (χ3n) is 13.7. The molecule has 8 rings (SSSR count). The normalized spacial score (nSPS) is 21.9. The van der Waals surface area contributed by atoms with Gasteiger partial charge in [0.05, 0.1) is 48.2 Å². The highest BCUT2D eigenvalue weighted by molar-refractivity contribution is 7.90. The molecule has 1 N–H and O–H groups in total. The Morgan fingerprint density at radius 1 is 0.758 bits per heavy atom. The highest BCUT2D eigenvalue weighted by atomic mass is 32.2. The highest BCUT2D eigenvalue weighted by Gasteiger charge is 2.44. The number of hydrogen-bond acceptors (Lipinski definition) is 12. The van der Waals surface area contributed by atoms with E-state index in [0.29, 0.717) is 65.3 Å². The van der Waals surface area contributed by atoms with Crippen molar-refractivity contribution in [1.29, 1.82) is 0 Å². The average molecular weight is 869 g/mol. The molecule has 0 saturated carbocycles. The van der Waals surface area contributed by atoms with Crippen LogP contribution in [0.1, 0.15) is 101 Å². The zero-order valence-corrected chi connectivity index (χ0v) is 37.0. The molecule has 0 radical (unpaired) electrons. The number of carbonyl (C=O) groups is 4. The lowest BCUT2D eigenvalue weighted by Gasteiger charge is -2.44. The number of piperidine rings is 3. The number of imide groups is 2. The number of rotatable bonds is 14. The first-order chi connectivity index (χ1) is 29.9. The molecule has 0 aromatic heterocycles. The van der Waals surface area contributed by atoms with Gasteiger partial charge in [-0.3, -0.25) is 34.3 Å². The van der Waals surface area contributed by atoms with E-state index in [0.717, 1.165) is 108 Å². The molecule has 5 aliphatic heterocycles. The first kappa shape index (κ1) is 43.8. The minimum Gasteiger partial charge on any atom is -0.493 e. The molecule has 3 aromatic carbocycles. The number of nitrogens with zero attached hydrogens (tertiary/aromatic N) is 5. The van der Waals surface area contributed by atoms with Crippen molar-refractivity contribution < 1.29 is 37.1 Å². The van der Waals surface area contributed by atoms with Crippen molar-refractivity contribution in [2.45, 2.75) is 69.4 Å². The number of benzene rings is 3. The van der Waals surface area contributed by atoms with Crippen LogP contribution in [0.3, 0.4) is 0 Å². The first-order valence-corrected chi connectivity index (χ1v) is 24.3. The summed E-state index contributed by atoms with van der Waals surface area (Å²) in [5.41, 5.74) is 4.15. The van der Waals surface area contributed by atoms with Gasteiger partial charge in [0.25, 0.3) is 11.8 Å². The van der Waals surface area contributed by atoms with Gasteiger partial charge < -0.3 is 24.2 Å². The summed E-state index contributed by atoms with van der Waals surface area (Å²) in [4.78, 5) is 63.4. The van der Waals surface area contributed by atoms with E-state index >= 15 is 0 Å². The fraction of sp³-hybridized carbons (Fsp3) is 0.532. The van der Waals surface area contributed by atoms with Gasteiger partial charge in [0.1, 0.15) is 9.84 Å². The molecule has 15 heteroatoms. The Morgan fingerprint density at radius 2 is 1.42 bits per heavy atom. The Bertz CT molecular complexity index is 2250. The summed E-state index contributed by atoms with van der Waals surface area (Å²) in [7, 11) is -2.09. The van der Waals surface area contributed by atoms with Gasteiger partial charge in [0.15, 0.2) is 11.5 Å². The van der Waals surface area contributed by atoms with E-state index < -0.39 is 33.4 Å². The average Bonchev–Trinajstić information content (AvgIpc) is 3.53. The van der Waals surface area contributed by atoms with E-state index in [1.807, 2.05) is 19.1 Å². The van der Waals surface area contributed by atoms with Gasteiger partial charge >= 0.3 is 0 Å². The molecular weight excluding hydrogens is 809 g/mol. The quantitative estimate of drug-likeness (QED) is 0.228. The maximum Gasteiger partial charge on any atom is 0.264 e. The van der Waals surface area contributed by atoms with Crippen LogP contribution in [0, 0.1) is 0 Å². The number of piperazine rings is 1. The number of amides is 4. The summed E-state index contributed by atoms with van der Waals surface area (Å²) in [5.74, 6) is -0.602. The Kier molecular flexibility index (Phi) is 13.3. The minimum atomic E-state index is -3.61. The van der Waals surface area contributed by atoms with Crippen molar-refractivity contribution in [2.75, 3.05) is 96.1 Å². The number of anilines is 1. The molecule has 4 saturated heterocycles. The monoisotopic (exact) mass is 868 g/mol. The van der Waals surface area contributed by atoms with Crippen molar-refractivity contribution in [3.8, 4) is 11.5 Å². The molecule has 1 unspecified atom stereocenters. The Hall–Kier alpha value is -4.83. The SMILES string of the molecule is CCOc1cc([C@@H](CS(C)(=O)=O)N2C(=O)c3cccc(N4CCN(C5CCN(CCN6CCC(c7ccc(C8CCC(=O)NC8=O)cc7)CC6)CC5)CC4)c3C2=O)ccc1OC. The van der Waals surface area contributed by atoms with Crippen LogP contribution in [0.5, 0.6) is 11.5 Å². The Labute approximate surface area is 365 Å². The van der Waals surface area contributed by atoms with Crippen molar-refractivity contribution in [3.63, 3.8) is 0 Å². The molecule has 4 fully saturated rings. The van der Waals surface area contributed by atoms with Crippen molar-refractivity contribution in [3.05, 3.63) is 88.5 Å². The molecular formula is C47H60N6O8S. The zero-order chi connectivity index (χ0) is 43.5. The summed E-state index contributed by atoms with van der Waals surface area (Å²) < 4.78 is 36.7. The number of hydrogen-bond donors (Lipinski definition) is 1. The molecule has 14 nitrogen and oxygen atoms in total. The second-order valence-corrected chi connectivity index (χ2v) is 19.7. The zero-order valence-electron chi connectivity index (χ0n) is 36.2. The molecule has 62 heavy (non-hydrogen) atoms. The number of nitrogens with one attached hydrogen (secondary N) is 1. The van der Waals surface area contributed by atoms with Crippen LogP contribution >= 0.6 is 0 Å². The maximum absolute atomic E-state index is 14.3. The summed E-state index contributed by atoms with van der Waals surface area (Å²) in [6, 6.07) is 18.4. The molecule has 5 aliphatic rings. The molecule has 0 spiro atoms. The lowest BCUT2D eigenvalue weighted by molar-refractivity contribution is -0.134. The lowest BCUT2D eigenvalue weighted by atomic mass is 9.86. The maximum atomic E-state index is 14.3. The van der Waals surface area contributed by atoms with Crippen LogP contribution in [0.4, 0.5) is 5.69 Å². The summed E-state index contributed by atoms with van der Waals surface area (Å²) in [6.07, 6.45) is 6.59. The number of ether oxygens (including phenoxy) is 2. The van der Waals surface area contributed by atoms with E-state index in [1.54, 1.807) is 24.3 Å². The number of likely N-dealkylation sites (tertiary alicyclic amines) is 2. The largest absolute Gasteiger partial charge is 0.493 e. The van der Waals surface area contributed by atoms with E-state index in [4.69, 9.17) is 9.47 Å². The van der Waals surface area contributed by atoms with Gasteiger partial charge in [-0.2, -0.15) is 0 Å². The van der Waals surface area contributed by atoms with Gasteiger partial charge in [-0.25, -0.2) is 8.42 Å². The third-order valence-corrected chi connectivity index (χ3v) is 14.6. The van der Waals surface area contributed by atoms with E-state index in [-0.39, 0.29) is 17.7 Å². The fourth-order valence-corrected chi connectivity index (χ4v) is 11.1. The molecule has 332 valence electrons. The second-order valence-electron chi connectivity index (χ2n) is 17.5. The van der Waals surface area contributed by atoms with E-state index in [2.05, 4.69) is 49.2 Å². The fourth-order valence-electron chi connectivity index (χ4n) is 10.2. The molecule has 0 bridgehead atoms. The van der Waals surface area contributed by atoms with Crippen molar-refractivity contribution >= 4 is 39.2 Å². The molecule has 5 heterocycles. The van der Waals surface area contributed by atoms with Gasteiger partial charge in [-0.15, -0.1) is 0 Å². The van der Waals surface area contributed by atoms with Crippen molar-refractivity contribution in [2.24, 2.45) is 0 Å². The smallest absolute Gasteiger partial charge is 0.264 e. The Balaban J connectivity index is 0.811. The minimum absolute atomic E-state index is 0.181. The summed E-state index contributed by atoms with van der Waals surface area (Å²) in [5, 5.41) is 2.47. The predicted molar refractivity (Wildman–Crippen MR) is 237 cm³/mol. The van der Waals surface area contributed by atoms with Gasteiger partial charge in [0, 0.05) is 58.0 Å². The number of carbonyl (C=O) groups excluding carboxylic acids is 4. The second kappa shape index (κ2) is 18.9. The van der Waals surface area contributed by atoms with E-state index in [9.17, 15) is 27.6 Å². The highest BCUT2D eigenvalue weighted by Crippen LogP contribution is 2.40. The molecule has 3 aromatic rings. The number of methoxy groups -OCH3 is 1. The van der Waals surface area contributed by atoms with Gasteiger partial charge in [0.2, 0.25) is 11.8 Å². The molecule has 0 aliphatic carbocycles. The van der Waals surface area contributed by atoms with Gasteiger partial charge in [-0.05, 0) is 112 Å². The predicted octanol–water partition coefficient (Wildman–Crippen LogP) is 4.46. The topological polar surface area (TPSA) is 149 Å². The summed E-state index contributed by atoms with van der Waals surface area (Å²) >= 11 is 0. The Morgan fingerprint density at radius 3 is 2.05 bits per heavy atom.